The molecule has 0 bridgehead atoms. The van der Waals surface area contributed by atoms with Crippen molar-refractivity contribution in [3.05, 3.63) is 18.2 Å². The van der Waals surface area contributed by atoms with Crippen LogP contribution in [0.2, 0.25) is 0 Å². The smallest absolute Gasteiger partial charge is 0.243 e. The van der Waals surface area contributed by atoms with Gasteiger partial charge in [0.2, 0.25) is 15.9 Å². The first-order chi connectivity index (χ1) is 12.6. The minimum absolute atomic E-state index is 0.129. The molecule has 1 aromatic carbocycles. The Hall–Kier alpha value is -1.60. The summed E-state index contributed by atoms with van der Waals surface area (Å²) in [6, 6.07) is 4.82. The molecule has 0 aliphatic carbocycles. The van der Waals surface area contributed by atoms with E-state index in [0.29, 0.717) is 31.1 Å². The largest absolute Gasteiger partial charge is 0.484 e. The zero-order valence-electron chi connectivity index (χ0n) is 17.1. The summed E-state index contributed by atoms with van der Waals surface area (Å²) in [6.45, 7) is 10.8. The van der Waals surface area contributed by atoms with Gasteiger partial charge in [0.15, 0.2) is 0 Å². The second-order valence-corrected chi connectivity index (χ2v) is 9.65. The molecule has 152 valence electrons. The van der Waals surface area contributed by atoms with Gasteiger partial charge in [0, 0.05) is 20.0 Å². The number of fused-ring (bicyclic) bond motifs is 1. The predicted octanol–water partition coefficient (Wildman–Crippen LogP) is 3.80. The van der Waals surface area contributed by atoms with Gasteiger partial charge in [-0.3, -0.25) is 4.79 Å². The van der Waals surface area contributed by atoms with Crippen LogP contribution in [0.15, 0.2) is 23.1 Å². The minimum Gasteiger partial charge on any atom is -0.484 e. The number of amides is 1. The van der Waals surface area contributed by atoms with E-state index < -0.39 is 15.6 Å². The zero-order valence-corrected chi connectivity index (χ0v) is 17.9. The predicted molar refractivity (Wildman–Crippen MR) is 108 cm³/mol. The van der Waals surface area contributed by atoms with Crippen LogP contribution in [0.1, 0.15) is 60.3 Å². The van der Waals surface area contributed by atoms with Gasteiger partial charge in [-0.15, -0.1) is 0 Å². The van der Waals surface area contributed by atoms with E-state index in [1.807, 2.05) is 27.7 Å². The fourth-order valence-electron chi connectivity index (χ4n) is 3.20. The van der Waals surface area contributed by atoms with Crippen molar-refractivity contribution in [1.29, 1.82) is 0 Å². The van der Waals surface area contributed by atoms with Gasteiger partial charge < -0.3 is 9.64 Å². The van der Waals surface area contributed by atoms with Crippen molar-refractivity contribution >= 4 is 21.6 Å². The van der Waals surface area contributed by atoms with E-state index in [1.54, 1.807) is 27.4 Å². The summed E-state index contributed by atoms with van der Waals surface area (Å²) in [7, 11) is -3.62. The molecule has 0 saturated carbocycles. The molecule has 0 spiro atoms. The number of ether oxygens (including phenoxy) is 1. The highest BCUT2D eigenvalue weighted by Crippen LogP contribution is 2.39. The highest BCUT2D eigenvalue weighted by molar-refractivity contribution is 7.89. The first kappa shape index (κ1) is 21.7. The van der Waals surface area contributed by atoms with Crippen LogP contribution in [0.5, 0.6) is 5.75 Å². The molecule has 6 nitrogen and oxygen atoms in total. The van der Waals surface area contributed by atoms with Crippen LogP contribution < -0.4 is 9.64 Å². The summed E-state index contributed by atoms with van der Waals surface area (Å²) in [4.78, 5) is 13.9. The Kier molecular flexibility index (Phi) is 6.92. The van der Waals surface area contributed by atoms with Crippen molar-refractivity contribution in [2.24, 2.45) is 0 Å². The topological polar surface area (TPSA) is 66.9 Å². The molecule has 1 amide bonds. The second kappa shape index (κ2) is 8.61. The number of nitrogens with zero attached hydrogens (tertiary/aromatic N) is 2. The maximum Gasteiger partial charge on any atom is 0.243 e. The lowest BCUT2D eigenvalue weighted by Gasteiger charge is -2.39. The van der Waals surface area contributed by atoms with E-state index in [9.17, 15) is 13.2 Å². The van der Waals surface area contributed by atoms with Crippen LogP contribution in [0, 0.1) is 0 Å². The van der Waals surface area contributed by atoms with Gasteiger partial charge >= 0.3 is 0 Å². The van der Waals surface area contributed by atoms with Crippen LogP contribution in [0.25, 0.3) is 0 Å². The Morgan fingerprint density at radius 2 is 1.78 bits per heavy atom. The number of sulfonamides is 1. The van der Waals surface area contributed by atoms with Crippen LogP contribution in [-0.4, -0.2) is 43.9 Å². The average Bonchev–Trinajstić information content (AvgIpc) is 2.59. The van der Waals surface area contributed by atoms with Gasteiger partial charge in [0.1, 0.15) is 11.4 Å². The Morgan fingerprint density at radius 3 is 2.30 bits per heavy atom. The molecule has 0 saturated heterocycles. The van der Waals surface area contributed by atoms with E-state index in [0.717, 1.165) is 25.7 Å². The van der Waals surface area contributed by atoms with Crippen LogP contribution in [0.3, 0.4) is 0 Å². The number of benzene rings is 1. The van der Waals surface area contributed by atoms with E-state index in [1.165, 1.54) is 6.92 Å². The Bertz CT molecular complexity index is 766. The summed E-state index contributed by atoms with van der Waals surface area (Å²) in [5, 5.41) is 0. The molecule has 0 unspecified atom stereocenters. The second-order valence-electron chi connectivity index (χ2n) is 7.71. The average molecular weight is 397 g/mol. The summed E-state index contributed by atoms with van der Waals surface area (Å²) < 4.78 is 33.9. The third-order valence-corrected chi connectivity index (χ3v) is 6.58. The van der Waals surface area contributed by atoms with Crippen LogP contribution in [0.4, 0.5) is 5.69 Å². The van der Waals surface area contributed by atoms with Crippen molar-refractivity contribution in [3.8, 4) is 5.75 Å². The maximum absolute atomic E-state index is 13.2. The van der Waals surface area contributed by atoms with Crippen LogP contribution >= 0.6 is 0 Å². The van der Waals surface area contributed by atoms with E-state index in [2.05, 4.69) is 0 Å². The van der Waals surface area contributed by atoms with Crippen molar-refractivity contribution in [2.75, 3.05) is 24.5 Å². The molecule has 0 N–H and O–H groups in total. The normalized spacial score (nSPS) is 16.1. The monoisotopic (exact) mass is 396 g/mol. The molecule has 0 radical (unpaired) electrons. The lowest BCUT2D eigenvalue weighted by atomic mass is 10.1. The van der Waals surface area contributed by atoms with Crippen molar-refractivity contribution in [2.45, 2.75) is 70.8 Å². The van der Waals surface area contributed by atoms with E-state index in [-0.39, 0.29) is 10.8 Å². The minimum atomic E-state index is -3.62. The Labute approximate surface area is 163 Å². The summed E-state index contributed by atoms with van der Waals surface area (Å²) >= 11 is 0. The highest BCUT2D eigenvalue weighted by atomic mass is 32.2. The number of unbranched alkanes of at least 4 members (excludes halogenated alkanes) is 2. The number of carbonyl (C=O) groups is 1. The van der Waals surface area contributed by atoms with E-state index >= 15 is 0 Å². The first-order valence-electron chi connectivity index (χ1n) is 9.73. The quantitative estimate of drug-likeness (QED) is 0.670. The first-order valence-corrected chi connectivity index (χ1v) is 11.2. The van der Waals surface area contributed by atoms with Gasteiger partial charge in [0.05, 0.1) is 17.1 Å². The van der Waals surface area contributed by atoms with Gasteiger partial charge in [-0.2, -0.15) is 4.31 Å². The summed E-state index contributed by atoms with van der Waals surface area (Å²) in [6.07, 6.45) is 3.52. The molecule has 1 heterocycles. The fourth-order valence-corrected chi connectivity index (χ4v) is 4.74. The summed E-state index contributed by atoms with van der Waals surface area (Å²) in [5.74, 6) is 0.407. The van der Waals surface area contributed by atoms with Crippen LogP contribution in [-0.2, 0) is 14.8 Å². The summed E-state index contributed by atoms with van der Waals surface area (Å²) in [5.41, 5.74) is 0.00158. The third-order valence-electron chi connectivity index (χ3n) is 4.69. The number of rotatable bonds is 8. The van der Waals surface area contributed by atoms with Gasteiger partial charge in [0.25, 0.3) is 0 Å². The van der Waals surface area contributed by atoms with Crippen molar-refractivity contribution < 1.29 is 17.9 Å². The SMILES string of the molecule is CCCCN(CCCC)S(=O)(=O)c1ccc2c(c1)N(C(C)=O)CC(C)(C)O2. The number of hydrogen-bond donors (Lipinski definition) is 0. The molecular weight excluding hydrogens is 364 g/mol. The number of anilines is 1. The molecule has 2 rings (SSSR count). The molecule has 27 heavy (non-hydrogen) atoms. The number of carbonyl (C=O) groups excluding carboxylic acids is 1. The molecule has 0 atom stereocenters. The standard InChI is InChI=1S/C20H32N2O4S/c1-6-8-12-21(13-9-7-2)27(24,25)17-10-11-19-18(14-17)22(16(3)23)15-20(4,5)26-19/h10-11,14H,6-9,12-13,15H2,1-5H3. The molecule has 0 aromatic heterocycles. The molecule has 1 aromatic rings. The highest BCUT2D eigenvalue weighted by Gasteiger charge is 2.35. The lowest BCUT2D eigenvalue weighted by molar-refractivity contribution is -0.117. The van der Waals surface area contributed by atoms with Crippen molar-refractivity contribution in [3.63, 3.8) is 0 Å². The molecule has 1 aliphatic heterocycles. The van der Waals surface area contributed by atoms with Gasteiger partial charge in [-0.25, -0.2) is 8.42 Å². The fraction of sp³-hybridized carbons (Fsp3) is 0.650. The third kappa shape index (κ3) is 5.02. The van der Waals surface area contributed by atoms with Gasteiger partial charge in [-0.1, -0.05) is 26.7 Å². The van der Waals surface area contributed by atoms with E-state index in [4.69, 9.17) is 4.74 Å². The molecule has 0 fully saturated rings. The molecule has 1 aliphatic rings. The number of hydrogen-bond acceptors (Lipinski definition) is 4. The maximum atomic E-state index is 13.2. The molecule has 7 heteroatoms. The van der Waals surface area contributed by atoms with Gasteiger partial charge in [-0.05, 0) is 44.9 Å². The van der Waals surface area contributed by atoms with Crippen molar-refractivity contribution in [1.82, 2.24) is 4.31 Å². The lowest BCUT2D eigenvalue weighted by Crippen LogP contribution is -2.48. The Balaban J connectivity index is 2.43. The zero-order chi connectivity index (χ0) is 20.2. The molecular formula is C20H32N2O4S. The Morgan fingerprint density at radius 1 is 1.19 bits per heavy atom.